The van der Waals surface area contributed by atoms with E-state index in [0.717, 1.165) is 28.9 Å². The molecular weight excluding hydrogens is 420 g/mol. The number of aromatic nitrogens is 2. The van der Waals surface area contributed by atoms with E-state index in [0.29, 0.717) is 13.0 Å². The molecule has 1 aliphatic rings. The highest BCUT2D eigenvalue weighted by molar-refractivity contribution is 5.39. The Morgan fingerprint density at radius 1 is 0.853 bits per heavy atom. The highest BCUT2D eigenvalue weighted by Crippen LogP contribution is 2.33. The van der Waals surface area contributed by atoms with E-state index in [-0.39, 0.29) is 23.1 Å². The lowest BCUT2D eigenvalue weighted by molar-refractivity contribution is 0.101. The summed E-state index contributed by atoms with van der Waals surface area (Å²) in [6.07, 6.45) is 0.702. The molecule has 0 aliphatic carbocycles. The van der Waals surface area contributed by atoms with Crippen molar-refractivity contribution in [1.82, 2.24) is 14.5 Å². The van der Waals surface area contributed by atoms with Gasteiger partial charge in [-0.2, -0.15) is 0 Å². The number of benzene rings is 3. The van der Waals surface area contributed by atoms with Gasteiger partial charge in [-0.3, -0.25) is 14.3 Å². The molecule has 5 nitrogen and oxygen atoms in total. The van der Waals surface area contributed by atoms with Gasteiger partial charge in [-0.25, -0.2) is 4.98 Å². The van der Waals surface area contributed by atoms with Gasteiger partial charge in [-0.1, -0.05) is 91.0 Å². The molecule has 1 aromatic heterocycles. The molecule has 0 atom stereocenters. The average molecular weight is 451 g/mol. The second-order valence-corrected chi connectivity index (χ2v) is 9.39. The number of nitrogen functional groups attached to an aromatic ring is 1. The van der Waals surface area contributed by atoms with Gasteiger partial charge in [0, 0.05) is 25.0 Å². The summed E-state index contributed by atoms with van der Waals surface area (Å²) in [7, 11) is 0. The van der Waals surface area contributed by atoms with Gasteiger partial charge in [0.25, 0.3) is 5.56 Å². The Morgan fingerprint density at radius 2 is 1.38 bits per heavy atom. The molecule has 0 unspecified atom stereocenters. The number of nitrogens with two attached hydrogens (primary N) is 1. The molecule has 4 aromatic rings. The van der Waals surface area contributed by atoms with Crippen molar-refractivity contribution in [1.29, 1.82) is 0 Å². The molecule has 3 aromatic carbocycles. The van der Waals surface area contributed by atoms with E-state index in [4.69, 9.17) is 10.7 Å². The van der Waals surface area contributed by atoms with Crippen molar-refractivity contribution in [3.05, 3.63) is 129 Å². The summed E-state index contributed by atoms with van der Waals surface area (Å²) >= 11 is 0. The Kier molecular flexibility index (Phi) is 5.80. The molecule has 0 saturated heterocycles. The molecule has 5 heteroatoms. The quantitative estimate of drug-likeness (QED) is 0.476. The van der Waals surface area contributed by atoms with E-state index < -0.39 is 0 Å². The van der Waals surface area contributed by atoms with Crippen molar-refractivity contribution in [3.63, 3.8) is 0 Å². The first kappa shape index (κ1) is 22.1. The maximum atomic E-state index is 14.0. The van der Waals surface area contributed by atoms with Gasteiger partial charge in [0.15, 0.2) is 0 Å². The van der Waals surface area contributed by atoms with Gasteiger partial charge < -0.3 is 5.73 Å². The minimum Gasteiger partial charge on any atom is -0.369 e. The van der Waals surface area contributed by atoms with Crippen LogP contribution in [0.4, 0.5) is 5.95 Å². The molecule has 0 bridgehead atoms. The van der Waals surface area contributed by atoms with Crippen LogP contribution in [0.15, 0.2) is 95.8 Å². The van der Waals surface area contributed by atoms with Crippen molar-refractivity contribution in [2.75, 3.05) is 12.3 Å². The van der Waals surface area contributed by atoms with Crippen molar-refractivity contribution < 1.29 is 0 Å². The van der Waals surface area contributed by atoms with Crippen molar-refractivity contribution in [2.45, 2.75) is 38.4 Å². The van der Waals surface area contributed by atoms with Gasteiger partial charge in [0.2, 0.25) is 5.95 Å². The largest absolute Gasteiger partial charge is 0.369 e. The molecule has 34 heavy (non-hydrogen) atoms. The van der Waals surface area contributed by atoms with Crippen LogP contribution in [0.2, 0.25) is 0 Å². The van der Waals surface area contributed by atoms with Gasteiger partial charge in [-0.15, -0.1) is 0 Å². The Balaban J connectivity index is 1.61. The molecule has 2 heterocycles. The van der Waals surface area contributed by atoms with E-state index in [1.807, 2.05) is 66.7 Å². The fraction of sp³-hybridized carbons (Fsp3) is 0.241. The Labute approximate surface area is 200 Å². The number of fused-ring (bicyclic) bond motifs is 1. The summed E-state index contributed by atoms with van der Waals surface area (Å²) in [5, 5.41) is 0. The number of hydrogen-bond donors (Lipinski definition) is 1. The molecule has 0 fully saturated rings. The van der Waals surface area contributed by atoms with Gasteiger partial charge in [-0.05, 0) is 30.5 Å². The van der Waals surface area contributed by atoms with Gasteiger partial charge >= 0.3 is 0 Å². The van der Waals surface area contributed by atoms with E-state index in [9.17, 15) is 4.79 Å². The molecule has 0 spiro atoms. The molecular formula is C29H30N4O. The third kappa shape index (κ3) is 3.93. The zero-order valence-electron chi connectivity index (χ0n) is 19.7. The minimum absolute atomic E-state index is 0.0613. The van der Waals surface area contributed by atoms with Crippen LogP contribution in [-0.4, -0.2) is 21.0 Å². The summed E-state index contributed by atoms with van der Waals surface area (Å²) in [5.74, 6) is 0.261. The number of rotatable bonds is 5. The highest BCUT2D eigenvalue weighted by Gasteiger charge is 2.34. The van der Waals surface area contributed by atoms with Crippen LogP contribution in [-0.2, 0) is 18.5 Å². The molecule has 0 radical (unpaired) electrons. The Hall–Kier alpha value is -3.70. The lowest BCUT2D eigenvalue weighted by atomic mass is 9.89. The van der Waals surface area contributed by atoms with E-state index in [1.165, 1.54) is 5.56 Å². The highest BCUT2D eigenvalue weighted by atomic mass is 16.1. The first-order valence-electron chi connectivity index (χ1n) is 11.8. The number of anilines is 1. The summed E-state index contributed by atoms with van der Waals surface area (Å²) in [6, 6.07) is 30.2. The van der Waals surface area contributed by atoms with Crippen molar-refractivity contribution in [2.24, 2.45) is 0 Å². The van der Waals surface area contributed by atoms with Crippen LogP contribution < -0.4 is 11.3 Å². The SMILES string of the molecule is CC(C)(c1ccccc1)N1CCc2nc(N)n(C(c3ccccc3)c3ccccc3)c(=O)c2C1. The zero-order chi connectivity index (χ0) is 23.7. The van der Waals surface area contributed by atoms with Crippen LogP contribution >= 0.6 is 0 Å². The topological polar surface area (TPSA) is 64.2 Å². The second-order valence-electron chi connectivity index (χ2n) is 9.39. The predicted molar refractivity (Wildman–Crippen MR) is 137 cm³/mol. The second kappa shape index (κ2) is 8.92. The van der Waals surface area contributed by atoms with Crippen molar-refractivity contribution >= 4 is 5.95 Å². The summed E-state index contributed by atoms with van der Waals surface area (Å²) < 4.78 is 1.67. The average Bonchev–Trinajstić information content (AvgIpc) is 2.88. The lowest BCUT2D eigenvalue weighted by Crippen LogP contribution is -2.47. The molecule has 5 rings (SSSR count). The van der Waals surface area contributed by atoms with Gasteiger partial charge in [0.05, 0.1) is 17.3 Å². The standard InChI is InChI=1S/C29H30N4O/c1-29(2,23-16-10-5-11-17-23)32-19-18-25-24(20-32)27(34)33(28(30)31-25)26(21-12-6-3-7-13-21)22-14-8-4-9-15-22/h3-17,26H,18-20H2,1-2H3,(H2,30,31). The Morgan fingerprint density at radius 3 is 1.94 bits per heavy atom. The number of hydrogen-bond acceptors (Lipinski definition) is 4. The van der Waals surface area contributed by atoms with E-state index in [2.05, 4.69) is 43.0 Å². The fourth-order valence-electron chi connectivity index (χ4n) is 5.03. The first-order chi connectivity index (χ1) is 16.5. The predicted octanol–water partition coefficient (Wildman–Crippen LogP) is 4.76. The molecule has 0 saturated carbocycles. The molecule has 0 amide bonds. The summed E-state index contributed by atoms with van der Waals surface area (Å²) in [5.41, 5.74) is 11.0. The molecule has 1 aliphatic heterocycles. The van der Waals surface area contributed by atoms with Gasteiger partial charge in [0.1, 0.15) is 0 Å². The summed E-state index contributed by atoms with van der Waals surface area (Å²) in [4.78, 5) is 21.2. The first-order valence-corrected chi connectivity index (χ1v) is 11.8. The van der Waals surface area contributed by atoms with Crippen LogP contribution in [0.5, 0.6) is 0 Å². The van der Waals surface area contributed by atoms with Crippen LogP contribution in [0.3, 0.4) is 0 Å². The van der Waals surface area contributed by atoms with Crippen LogP contribution in [0.1, 0.15) is 47.8 Å². The minimum atomic E-state index is -0.342. The maximum absolute atomic E-state index is 14.0. The van der Waals surface area contributed by atoms with E-state index >= 15 is 0 Å². The summed E-state index contributed by atoms with van der Waals surface area (Å²) in [6.45, 7) is 5.80. The zero-order valence-corrected chi connectivity index (χ0v) is 19.7. The lowest BCUT2D eigenvalue weighted by Gasteiger charge is -2.41. The maximum Gasteiger partial charge on any atom is 0.260 e. The number of nitrogens with zero attached hydrogens (tertiary/aromatic N) is 3. The Bertz CT molecular complexity index is 1290. The van der Waals surface area contributed by atoms with Crippen LogP contribution in [0.25, 0.3) is 0 Å². The van der Waals surface area contributed by atoms with Crippen LogP contribution in [0, 0.1) is 0 Å². The fourth-order valence-corrected chi connectivity index (χ4v) is 5.03. The third-order valence-electron chi connectivity index (χ3n) is 7.05. The molecule has 2 N–H and O–H groups in total. The van der Waals surface area contributed by atoms with Crippen molar-refractivity contribution in [3.8, 4) is 0 Å². The monoisotopic (exact) mass is 450 g/mol. The smallest absolute Gasteiger partial charge is 0.260 e. The third-order valence-corrected chi connectivity index (χ3v) is 7.05. The van der Waals surface area contributed by atoms with E-state index in [1.54, 1.807) is 4.57 Å². The normalized spacial score (nSPS) is 14.2. The molecule has 172 valence electrons.